The highest BCUT2D eigenvalue weighted by Crippen LogP contribution is 2.28. The third kappa shape index (κ3) is 5.12. The van der Waals surface area contributed by atoms with Gasteiger partial charge in [-0.15, -0.1) is 0 Å². The highest BCUT2D eigenvalue weighted by Gasteiger charge is 2.12. The molecule has 0 saturated carbocycles. The molecule has 8 nitrogen and oxygen atoms in total. The molecule has 36 heavy (non-hydrogen) atoms. The lowest BCUT2D eigenvalue weighted by Gasteiger charge is -2.13. The summed E-state index contributed by atoms with van der Waals surface area (Å²) in [4.78, 5) is 21.7. The van der Waals surface area contributed by atoms with Crippen molar-refractivity contribution in [2.24, 2.45) is 7.05 Å². The van der Waals surface area contributed by atoms with Crippen LogP contribution in [0.3, 0.4) is 0 Å². The summed E-state index contributed by atoms with van der Waals surface area (Å²) in [5.74, 6) is 1.73. The van der Waals surface area contributed by atoms with E-state index in [9.17, 15) is 4.79 Å². The van der Waals surface area contributed by atoms with Crippen molar-refractivity contribution in [1.29, 1.82) is 0 Å². The van der Waals surface area contributed by atoms with Gasteiger partial charge in [-0.25, -0.2) is 9.97 Å². The molecule has 0 aliphatic heterocycles. The minimum Gasteiger partial charge on any atom is -0.484 e. The molecule has 2 aromatic carbocycles. The summed E-state index contributed by atoms with van der Waals surface area (Å²) in [6.45, 7) is 3.78. The lowest BCUT2D eigenvalue weighted by Crippen LogP contribution is -2.34. The zero-order chi connectivity index (χ0) is 25.1. The standard InChI is InChI=1S/C28H28N6O2/c1-18(2)30-26(35)17-36-22-8-6-7-19(15-22)27-32-24-10-5-4-9-23(24)28(33-27)31-21-12-11-20-16-29-34(3)25(20)14-13-21/h4-11,13-16,18H,12,17H2,1-3H3,(H,30,35)(H,31,32,33). The number of fused-ring (bicyclic) bond motifs is 2. The van der Waals surface area contributed by atoms with Crippen LogP contribution >= 0.6 is 0 Å². The molecule has 1 amide bonds. The van der Waals surface area contributed by atoms with E-state index in [0.717, 1.165) is 45.0 Å². The molecule has 182 valence electrons. The molecule has 2 heterocycles. The maximum Gasteiger partial charge on any atom is 0.258 e. The van der Waals surface area contributed by atoms with Gasteiger partial charge in [0.25, 0.3) is 5.91 Å². The summed E-state index contributed by atoms with van der Waals surface area (Å²) in [7, 11) is 1.94. The molecule has 8 heteroatoms. The number of amides is 1. The zero-order valence-corrected chi connectivity index (χ0v) is 20.5. The number of aryl methyl sites for hydroxylation is 1. The third-order valence-corrected chi connectivity index (χ3v) is 5.79. The second-order valence-corrected chi connectivity index (χ2v) is 8.95. The number of anilines is 1. The number of carbonyl (C=O) groups excluding carboxylic acids is 1. The molecule has 2 aromatic heterocycles. The molecule has 0 bridgehead atoms. The Morgan fingerprint density at radius 3 is 2.83 bits per heavy atom. The van der Waals surface area contributed by atoms with Crippen molar-refractivity contribution in [3.63, 3.8) is 0 Å². The van der Waals surface area contributed by atoms with Gasteiger partial charge in [0.2, 0.25) is 0 Å². The molecule has 0 fully saturated rings. The Balaban J connectivity index is 1.45. The van der Waals surface area contributed by atoms with Crippen LogP contribution in [-0.4, -0.2) is 38.3 Å². The first kappa shape index (κ1) is 23.3. The molecule has 0 radical (unpaired) electrons. The van der Waals surface area contributed by atoms with Crippen LogP contribution in [0.2, 0.25) is 0 Å². The van der Waals surface area contributed by atoms with E-state index in [-0.39, 0.29) is 18.6 Å². The zero-order valence-electron chi connectivity index (χ0n) is 20.5. The normalized spacial score (nSPS) is 12.7. The predicted molar refractivity (Wildman–Crippen MR) is 141 cm³/mol. The van der Waals surface area contributed by atoms with E-state index in [4.69, 9.17) is 14.7 Å². The van der Waals surface area contributed by atoms with E-state index in [0.29, 0.717) is 11.6 Å². The summed E-state index contributed by atoms with van der Waals surface area (Å²) in [6, 6.07) is 15.5. The van der Waals surface area contributed by atoms with Crippen LogP contribution in [0.25, 0.3) is 34.4 Å². The molecule has 5 rings (SSSR count). The first-order valence-corrected chi connectivity index (χ1v) is 11.9. The number of hydrogen-bond donors (Lipinski definition) is 2. The number of nitrogens with zero attached hydrogens (tertiary/aromatic N) is 4. The van der Waals surface area contributed by atoms with E-state index in [1.807, 2.05) is 80.3 Å². The largest absolute Gasteiger partial charge is 0.484 e. The number of carbonyl (C=O) groups is 1. The van der Waals surface area contributed by atoms with Gasteiger partial charge in [-0.1, -0.05) is 30.3 Å². The van der Waals surface area contributed by atoms with Gasteiger partial charge >= 0.3 is 0 Å². The maximum absolute atomic E-state index is 12.0. The Morgan fingerprint density at radius 1 is 1.11 bits per heavy atom. The van der Waals surface area contributed by atoms with Crippen LogP contribution in [0.15, 0.2) is 66.5 Å². The lowest BCUT2D eigenvalue weighted by molar-refractivity contribution is -0.123. The smallest absolute Gasteiger partial charge is 0.258 e. The van der Waals surface area contributed by atoms with Crippen molar-refractivity contribution in [1.82, 2.24) is 25.1 Å². The van der Waals surface area contributed by atoms with E-state index in [2.05, 4.69) is 34.0 Å². The monoisotopic (exact) mass is 480 g/mol. The molecule has 1 aliphatic rings. The van der Waals surface area contributed by atoms with Gasteiger partial charge in [0.05, 0.1) is 17.1 Å². The van der Waals surface area contributed by atoms with Gasteiger partial charge in [0, 0.05) is 41.4 Å². The molecular formula is C28H28N6O2. The predicted octanol–water partition coefficient (Wildman–Crippen LogP) is 2.89. The van der Waals surface area contributed by atoms with Crippen molar-refractivity contribution in [3.8, 4) is 17.1 Å². The van der Waals surface area contributed by atoms with Crippen LogP contribution in [0.4, 0.5) is 5.82 Å². The van der Waals surface area contributed by atoms with Gasteiger partial charge in [0.1, 0.15) is 11.6 Å². The average Bonchev–Trinajstić information content (AvgIpc) is 3.10. The molecular weight excluding hydrogens is 452 g/mol. The van der Waals surface area contributed by atoms with Crippen LogP contribution in [-0.2, 0) is 11.8 Å². The summed E-state index contributed by atoms with van der Waals surface area (Å²) >= 11 is 0. The van der Waals surface area contributed by atoms with E-state index in [1.165, 1.54) is 0 Å². The first-order chi connectivity index (χ1) is 17.5. The van der Waals surface area contributed by atoms with Crippen LogP contribution in [0.5, 0.6) is 5.75 Å². The van der Waals surface area contributed by atoms with Gasteiger partial charge in [-0.3, -0.25) is 9.48 Å². The molecule has 2 N–H and O–H groups in total. The number of rotatable bonds is 7. The van der Waals surface area contributed by atoms with Crippen molar-refractivity contribution >= 4 is 34.8 Å². The summed E-state index contributed by atoms with van der Waals surface area (Å²) in [5, 5.41) is 13.8. The highest BCUT2D eigenvalue weighted by atomic mass is 16.5. The van der Waals surface area contributed by atoms with Crippen LogP contribution in [0, 0.1) is 0 Å². The maximum atomic E-state index is 12.0. The van der Waals surface area contributed by atoms with Crippen molar-refractivity contribution in [2.45, 2.75) is 26.3 Å². The van der Waals surface area contributed by atoms with Gasteiger partial charge in [0.15, 0.2) is 12.4 Å². The molecule has 0 atom stereocenters. The van der Waals surface area contributed by atoms with E-state index in [1.54, 1.807) is 0 Å². The Kier molecular flexibility index (Phi) is 6.49. The molecule has 0 saturated heterocycles. The number of hydrogen-bond acceptors (Lipinski definition) is 6. The Bertz CT molecular complexity index is 1590. The fraction of sp³-hybridized carbons (Fsp3) is 0.214. The van der Waals surface area contributed by atoms with Gasteiger partial charge in [-0.2, -0.15) is 5.10 Å². The SMILES string of the molecule is CC(C)NC(=O)COc1cccc(-c2nc(NC3=CC=c4c(cnn4C)=CC3)c3ccccc3n2)c1. The summed E-state index contributed by atoms with van der Waals surface area (Å²) in [5.41, 5.74) is 2.66. The van der Waals surface area contributed by atoms with Crippen molar-refractivity contribution in [2.75, 3.05) is 11.9 Å². The average molecular weight is 481 g/mol. The third-order valence-electron chi connectivity index (χ3n) is 5.79. The fourth-order valence-corrected chi connectivity index (χ4v) is 4.08. The van der Waals surface area contributed by atoms with Crippen molar-refractivity contribution in [3.05, 3.63) is 77.1 Å². The number of ether oxygens (including phenoxy) is 1. The second-order valence-electron chi connectivity index (χ2n) is 8.95. The number of allylic oxidation sites excluding steroid dienone is 2. The van der Waals surface area contributed by atoms with Gasteiger partial charge < -0.3 is 15.4 Å². The lowest BCUT2D eigenvalue weighted by atomic mass is 10.1. The quantitative estimate of drug-likeness (QED) is 0.423. The number of nitrogens with one attached hydrogen (secondary N) is 2. The van der Waals surface area contributed by atoms with Crippen LogP contribution < -0.4 is 25.9 Å². The molecule has 1 aliphatic carbocycles. The Hall–Kier alpha value is -4.46. The Morgan fingerprint density at radius 2 is 1.97 bits per heavy atom. The molecule has 0 unspecified atom stereocenters. The summed E-state index contributed by atoms with van der Waals surface area (Å²) < 4.78 is 7.58. The molecule has 4 aromatic rings. The van der Waals surface area contributed by atoms with Crippen LogP contribution in [0.1, 0.15) is 20.3 Å². The number of benzene rings is 2. The fourth-order valence-electron chi connectivity index (χ4n) is 4.08. The Labute approximate surface area is 209 Å². The van der Waals surface area contributed by atoms with E-state index < -0.39 is 0 Å². The van der Waals surface area contributed by atoms with Gasteiger partial charge in [-0.05, 0) is 50.3 Å². The minimum absolute atomic E-state index is 0.0495. The van der Waals surface area contributed by atoms with E-state index >= 15 is 0 Å². The summed E-state index contributed by atoms with van der Waals surface area (Å²) in [6.07, 6.45) is 8.89. The number of para-hydroxylation sites is 1. The topological polar surface area (TPSA) is 94.0 Å². The second kappa shape index (κ2) is 10.0. The van der Waals surface area contributed by atoms with Crippen molar-refractivity contribution < 1.29 is 9.53 Å². The number of aromatic nitrogens is 4. The first-order valence-electron chi connectivity index (χ1n) is 11.9. The minimum atomic E-state index is -0.160. The highest BCUT2D eigenvalue weighted by molar-refractivity contribution is 5.91. The molecule has 0 spiro atoms.